The van der Waals surface area contributed by atoms with Gasteiger partial charge in [-0.25, -0.2) is 4.79 Å². The molecule has 78 valence electrons. The molecule has 1 heterocycles. The number of halogens is 1. The van der Waals surface area contributed by atoms with E-state index in [0.29, 0.717) is 10.5 Å². The number of hydrogen-bond acceptors (Lipinski definition) is 2. The van der Waals surface area contributed by atoms with Crippen molar-refractivity contribution in [2.24, 2.45) is 0 Å². The SMILES string of the molecule is O=C(O)C=S1(=O)C(Cl)=Cc2ccccc21. The minimum atomic E-state index is -2.89. The first-order chi connectivity index (χ1) is 7.04. The van der Waals surface area contributed by atoms with Gasteiger partial charge in [0.15, 0.2) is 0 Å². The lowest BCUT2D eigenvalue weighted by molar-refractivity contribution is -0.128. The van der Waals surface area contributed by atoms with E-state index in [1.165, 1.54) is 0 Å². The molecule has 3 nitrogen and oxygen atoms in total. The van der Waals surface area contributed by atoms with Crippen molar-refractivity contribution in [3.8, 4) is 0 Å². The highest BCUT2D eigenvalue weighted by Gasteiger charge is 2.25. The third kappa shape index (κ3) is 1.56. The van der Waals surface area contributed by atoms with Gasteiger partial charge in [0.05, 0.1) is 5.37 Å². The number of fused-ring (bicyclic) bond motifs is 1. The largest absolute Gasteiger partial charge is 0.478 e. The third-order valence-corrected chi connectivity index (χ3v) is 5.12. The van der Waals surface area contributed by atoms with Crippen LogP contribution in [0.4, 0.5) is 0 Å². The van der Waals surface area contributed by atoms with Crippen molar-refractivity contribution in [1.82, 2.24) is 0 Å². The third-order valence-electron chi connectivity index (χ3n) is 2.07. The van der Waals surface area contributed by atoms with Crippen LogP contribution in [0.3, 0.4) is 0 Å². The van der Waals surface area contributed by atoms with Crippen LogP contribution in [0.2, 0.25) is 0 Å². The van der Waals surface area contributed by atoms with Crippen molar-refractivity contribution in [1.29, 1.82) is 0 Å². The molecule has 0 bridgehead atoms. The number of hydrogen-bond donors (Lipinski definition) is 1. The summed E-state index contributed by atoms with van der Waals surface area (Å²) >= 11 is 5.82. The Hall–Kier alpha value is -1.26. The number of aliphatic carboxylic acids is 1. The van der Waals surface area contributed by atoms with Crippen molar-refractivity contribution >= 4 is 38.5 Å². The molecule has 1 atom stereocenters. The molecule has 1 aromatic carbocycles. The first-order valence-corrected chi connectivity index (χ1v) is 6.12. The van der Waals surface area contributed by atoms with Gasteiger partial charge < -0.3 is 5.11 Å². The second-order valence-corrected chi connectivity index (χ2v) is 5.99. The van der Waals surface area contributed by atoms with E-state index < -0.39 is 15.5 Å². The van der Waals surface area contributed by atoms with Crippen molar-refractivity contribution < 1.29 is 14.1 Å². The fraction of sp³-hybridized carbons (Fsp3) is 0. The number of benzene rings is 1. The van der Waals surface area contributed by atoms with Gasteiger partial charge in [0.1, 0.15) is 4.36 Å². The van der Waals surface area contributed by atoms with E-state index in [2.05, 4.69) is 0 Å². The molecule has 1 unspecified atom stereocenters. The van der Waals surface area contributed by atoms with Gasteiger partial charge in [-0.2, -0.15) is 0 Å². The van der Waals surface area contributed by atoms with Crippen LogP contribution >= 0.6 is 11.6 Å². The average molecular weight is 243 g/mol. The summed E-state index contributed by atoms with van der Waals surface area (Å²) in [4.78, 5) is 11.1. The van der Waals surface area contributed by atoms with Crippen LogP contribution in [-0.2, 0) is 14.3 Å². The summed E-state index contributed by atoms with van der Waals surface area (Å²) in [7, 11) is -2.89. The van der Waals surface area contributed by atoms with Crippen molar-refractivity contribution in [3.63, 3.8) is 0 Å². The van der Waals surface area contributed by atoms with E-state index in [0.717, 1.165) is 5.37 Å². The first kappa shape index (κ1) is 10.3. The fourth-order valence-corrected chi connectivity index (χ4v) is 3.75. The van der Waals surface area contributed by atoms with Crippen LogP contribution < -0.4 is 0 Å². The Morgan fingerprint density at radius 1 is 1.40 bits per heavy atom. The van der Waals surface area contributed by atoms with Gasteiger partial charge in [0.2, 0.25) is 0 Å². The maximum Gasteiger partial charge on any atom is 0.337 e. The molecule has 1 aliphatic rings. The Bertz CT molecular complexity index is 580. The summed E-state index contributed by atoms with van der Waals surface area (Å²) < 4.78 is 12.4. The molecule has 1 aliphatic heterocycles. The highest BCUT2D eigenvalue weighted by molar-refractivity contribution is 8.07. The van der Waals surface area contributed by atoms with Crippen LogP contribution in [0.15, 0.2) is 33.5 Å². The Labute approximate surface area is 92.0 Å². The second kappa shape index (κ2) is 3.40. The second-order valence-electron chi connectivity index (χ2n) is 3.04. The summed E-state index contributed by atoms with van der Waals surface area (Å²) in [5, 5.41) is 9.42. The molecule has 1 N–H and O–H groups in total. The Morgan fingerprint density at radius 2 is 2.07 bits per heavy atom. The fourth-order valence-electron chi connectivity index (χ4n) is 1.45. The van der Waals surface area contributed by atoms with Gasteiger partial charge in [-0.15, -0.1) is 0 Å². The van der Waals surface area contributed by atoms with Gasteiger partial charge in [-0.1, -0.05) is 29.8 Å². The maximum absolute atomic E-state index is 12.3. The van der Waals surface area contributed by atoms with E-state index in [4.69, 9.17) is 16.7 Å². The van der Waals surface area contributed by atoms with Crippen molar-refractivity contribution in [2.75, 3.05) is 0 Å². The molecule has 0 fully saturated rings. The molecule has 0 aromatic heterocycles. The molecule has 1 aromatic rings. The van der Waals surface area contributed by atoms with Crippen LogP contribution in [0.5, 0.6) is 0 Å². The molecular weight excluding hydrogens is 236 g/mol. The number of rotatable bonds is 1. The predicted octanol–water partition coefficient (Wildman–Crippen LogP) is 1.77. The summed E-state index contributed by atoms with van der Waals surface area (Å²) in [6.45, 7) is 0. The minimum Gasteiger partial charge on any atom is -0.478 e. The zero-order chi connectivity index (χ0) is 11.1. The number of carbonyl (C=O) groups is 1. The zero-order valence-corrected chi connectivity index (χ0v) is 9.09. The molecule has 0 saturated heterocycles. The van der Waals surface area contributed by atoms with E-state index in [-0.39, 0.29) is 4.36 Å². The Balaban J connectivity index is 2.78. The zero-order valence-electron chi connectivity index (χ0n) is 7.51. The van der Waals surface area contributed by atoms with Gasteiger partial charge in [0, 0.05) is 14.4 Å². The normalized spacial score (nSPS) is 23.1. The summed E-state index contributed by atoms with van der Waals surface area (Å²) in [5.74, 6) is -1.23. The van der Waals surface area contributed by atoms with Gasteiger partial charge in [0.25, 0.3) is 0 Å². The molecule has 0 radical (unpaired) electrons. The lowest BCUT2D eigenvalue weighted by atomic mass is 10.2. The molecular formula is C10H7ClO3S. The predicted molar refractivity (Wildman–Crippen MR) is 60.4 cm³/mol. The lowest BCUT2D eigenvalue weighted by Crippen LogP contribution is -2.09. The number of carboxylic acids is 1. The van der Waals surface area contributed by atoms with Gasteiger partial charge in [-0.05, 0) is 17.7 Å². The molecule has 0 saturated carbocycles. The standard InChI is InChI=1S/C10H7ClO3S/c11-9-5-7-3-1-2-4-8(7)15(9,14)6-10(12)13/h1-6H,(H,12,13). The summed E-state index contributed by atoms with van der Waals surface area (Å²) in [6.07, 6.45) is 1.54. The van der Waals surface area contributed by atoms with Crippen LogP contribution in [0, 0.1) is 0 Å². The molecule has 15 heavy (non-hydrogen) atoms. The van der Waals surface area contributed by atoms with Crippen LogP contribution in [0.1, 0.15) is 5.56 Å². The number of carboxylic acid groups (broad SMARTS) is 1. The Kier molecular flexibility index (Phi) is 2.32. The summed E-state index contributed by atoms with van der Waals surface area (Å²) in [5.41, 5.74) is 0.713. The van der Waals surface area contributed by atoms with Crippen LogP contribution in [-0.4, -0.2) is 20.7 Å². The first-order valence-electron chi connectivity index (χ1n) is 4.12. The molecule has 2 rings (SSSR count). The highest BCUT2D eigenvalue weighted by Crippen LogP contribution is 2.35. The monoisotopic (exact) mass is 242 g/mol. The molecule has 0 spiro atoms. The van der Waals surface area contributed by atoms with Gasteiger partial charge in [-0.3, -0.25) is 4.21 Å². The molecule has 5 heteroatoms. The smallest absolute Gasteiger partial charge is 0.337 e. The van der Waals surface area contributed by atoms with E-state index in [1.54, 1.807) is 30.3 Å². The quantitative estimate of drug-likeness (QED) is 0.764. The van der Waals surface area contributed by atoms with Crippen molar-refractivity contribution in [3.05, 3.63) is 34.2 Å². The van der Waals surface area contributed by atoms with E-state index >= 15 is 0 Å². The van der Waals surface area contributed by atoms with E-state index in [1.807, 2.05) is 0 Å². The Morgan fingerprint density at radius 3 is 2.73 bits per heavy atom. The topological polar surface area (TPSA) is 54.4 Å². The van der Waals surface area contributed by atoms with Gasteiger partial charge >= 0.3 is 5.97 Å². The minimum absolute atomic E-state index is 0.0751. The molecule has 0 amide bonds. The van der Waals surface area contributed by atoms with E-state index in [9.17, 15) is 9.00 Å². The maximum atomic E-state index is 12.3. The molecule has 0 aliphatic carbocycles. The average Bonchev–Trinajstić information content (AvgIpc) is 2.39. The summed E-state index contributed by atoms with van der Waals surface area (Å²) in [6, 6.07) is 6.87. The van der Waals surface area contributed by atoms with Crippen LogP contribution in [0.25, 0.3) is 6.08 Å². The van der Waals surface area contributed by atoms with Crippen molar-refractivity contribution in [2.45, 2.75) is 4.90 Å². The highest BCUT2D eigenvalue weighted by atomic mass is 35.5. The lowest BCUT2D eigenvalue weighted by Gasteiger charge is -2.03.